The zero-order valence-corrected chi connectivity index (χ0v) is 19.5. The minimum Gasteiger partial charge on any atom is -0.466 e. The molecular formula is C26H41NO2. The van der Waals surface area contributed by atoms with Gasteiger partial charge in [-0.15, -0.1) is 0 Å². The molecule has 2 N–H and O–H groups in total. The smallest absolute Gasteiger partial charge is 0.305 e. The molecule has 0 spiro atoms. The Balaban J connectivity index is 0. The molecule has 0 aliphatic carbocycles. The lowest BCUT2D eigenvalue weighted by atomic mass is 10.0. The number of anilines is 1. The van der Waals surface area contributed by atoms with Crippen LogP contribution in [0.3, 0.4) is 0 Å². The summed E-state index contributed by atoms with van der Waals surface area (Å²) in [7, 11) is 0. The lowest BCUT2D eigenvalue weighted by molar-refractivity contribution is -0.143. The van der Waals surface area contributed by atoms with E-state index in [9.17, 15) is 4.79 Å². The standard InChI is InChI=1S/C12H17NO2.C10H12.2C2H6/c1-2-15-12(14)5-3-4-10-6-8-11(13)9-7-10;1-8(2)10-7-5-4-6-9(10)3;2*1-2/h6-9H,2-5,13H2,1H3;4-7H,1H2,2-3H3;2*1-2H3. The molecule has 0 saturated carbocycles. The Bertz CT molecular complexity index is 675. The third kappa shape index (κ3) is 14.1. The highest BCUT2D eigenvalue weighted by Gasteiger charge is 2.01. The Hall–Kier alpha value is -2.55. The van der Waals surface area contributed by atoms with Gasteiger partial charge in [0, 0.05) is 12.1 Å². The summed E-state index contributed by atoms with van der Waals surface area (Å²) in [6.45, 7) is 18.3. The first-order chi connectivity index (χ1) is 13.9. The number of allylic oxidation sites excluding steroid dienone is 1. The number of ether oxygens (including phenoxy) is 1. The number of nitrogens with two attached hydrogens (primary N) is 1. The van der Waals surface area contributed by atoms with Crippen LogP contribution in [0.15, 0.2) is 55.1 Å². The number of hydrogen-bond acceptors (Lipinski definition) is 3. The van der Waals surface area contributed by atoms with Gasteiger partial charge in [0.05, 0.1) is 6.61 Å². The van der Waals surface area contributed by atoms with Crippen LogP contribution in [0, 0.1) is 6.92 Å². The van der Waals surface area contributed by atoms with Gasteiger partial charge in [-0.25, -0.2) is 0 Å². The Morgan fingerprint density at radius 3 is 2.00 bits per heavy atom. The van der Waals surface area contributed by atoms with E-state index in [1.54, 1.807) is 0 Å². The summed E-state index contributed by atoms with van der Waals surface area (Å²) in [4.78, 5) is 11.0. The summed E-state index contributed by atoms with van der Waals surface area (Å²) in [6.07, 6.45) is 2.19. The van der Waals surface area contributed by atoms with Gasteiger partial charge in [-0.05, 0) is 62.4 Å². The van der Waals surface area contributed by atoms with Gasteiger partial charge in [0.1, 0.15) is 0 Å². The molecule has 0 unspecified atom stereocenters. The van der Waals surface area contributed by atoms with Gasteiger partial charge in [-0.3, -0.25) is 4.79 Å². The number of carbonyl (C=O) groups excluding carboxylic acids is 1. The van der Waals surface area contributed by atoms with Crippen molar-refractivity contribution < 1.29 is 9.53 Å². The molecule has 0 atom stereocenters. The second-order valence-electron chi connectivity index (χ2n) is 6.00. The van der Waals surface area contributed by atoms with E-state index < -0.39 is 0 Å². The number of carbonyl (C=O) groups is 1. The van der Waals surface area contributed by atoms with E-state index in [1.165, 1.54) is 16.7 Å². The molecule has 29 heavy (non-hydrogen) atoms. The first-order valence-corrected chi connectivity index (χ1v) is 10.7. The van der Waals surface area contributed by atoms with Gasteiger partial charge >= 0.3 is 5.97 Å². The van der Waals surface area contributed by atoms with Crippen molar-refractivity contribution in [3.63, 3.8) is 0 Å². The predicted octanol–water partition coefficient (Wildman–Crippen LogP) is 7.24. The highest BCUT2D eigenvalue weighted by atomic mass is 16.5. The predicted molar refractivity (Wildman–Crippen MR) is 129 cm³/mol. The fourth-order valence-electron chi connectivity index (χ4n) is 2.41. The van der Waals surface area contributed by atoms with Crippen molar-refractivity contribution in [2.75, 3.05) is 12.3 Å². The van der Waals surface area contributed by atoms with Gasteiger partial charge in [0.15, 0.2) is 0 Å². The first kappa shape index (κ1) is 28.7. The molecule has 0 aromatic heterocycles. The van der Waals surface area contributed by atoms with Crippen molar-refractivity contribution in [3.05, 3.63) is 71.8 Å². The van der Waals surface area contributed by atoms with Gasteiger partial charge < -0.3 is 10.5 Å². The van der Waals surface area contributed by atoms with E-state index in [-0.39, 0.29) is 5.97 Å². The third-order valence-electron chi connectivity index (χ3n) is 3.74. The monoisotopic (exact) mass is 399 g/mol. The summed E-state index contributed by atoms with van der Waals surface area (Å²) in [6, 6.07) is 16.0. The van der Waals surface area contributed by atoms with Crippen LogP contribution in [0.5, 0.6) is 0 Å². The molecular weight excluding hydrogens is 358 g/mol. The quantitative estimate of drug-likeness (QED) is 0.411. The number of rotatable bonds is 6. The van der Waals surface area contributed by atoms with E-state index in [1.807, 2.05) is 77.9 Å². The highest BCUT2D eigenvalue weighted by molar-refractivity contribution is 5.69. The van der Waals surface area contributed by atoms with Crippen molar-refractivity contribution >= 4 is 17.2 Å². The largest absolute Gasteiger partial charge is 0.466 e. The maximum absolute atomic E-state index is 11.0. The molecule has 0 saturated heterocycles. The third-order valence-corrected chi connectivity index (χ3v) is 3.74. The Morgan fingerprint density at radius 1 is 1.00 bits per heavy atom. The fraction of sp³-hybridized carbons (Fsp3) is 0.423. The van der Waals surface area contributed by atoms with Gasteiger partial charge in [0.25, 0.3) is 0 Å². The second-order valence-corrected chi connectivity index (χ2v) is 6.00. The summed E-state index contributed by atoms with van der Waals surface area (Å²) >= 11 is 0. The molecule has 2 aromatic carbocycles. The van der Waals surface area contributed by atoms with Crippen molar-refractivity contribution in [1.82, 2.24) is 0 Å². The summed E-state index contributed by atoms with van der Waals surface area (Å²) in [5.74, 6) is -0.118. The number of benzene rings is 2. The maximum atomic E-state index is 11.0. The average molecular weight is 400 g/mol. The average Bonchev–Trinajstić information content (AvgIpc) is 2.73. The first-order valence-electron chi connectivity index (χ1n) is 10.7. The van der Waals surface area contributed by atoms with Crippen LogP contribution < -0.4 is 5.73 Å². The van der Waals surface area contributed by atoms with Gasteiger partial charge in [-0.1, -0.05) is 76.2 Å². The summed E-state index contributed by atoms with van der Waals surface area (Å²) in [5, 5.41) is 0. The Labute approximate surface area is 179 Å². The Morgan fingerprint density at radius 2 is 1.55 bits per heavy atom. The molecule has 2 aromatic rings. The normalized spacial score (nSPS) is 8.79. The van der Waals surface area contributed by atoms with Crippen molar-refractivity contribution in [2.45, 2.75) is 67.7 Å². The van der Waals surface area contributed by atoms with Crippen LogP contribution in [0.25, 0.3) is 5.57 Å². The maximum Gasteiger partial charge on any atom is 0.305 e. The van der Waals surface area contributed by atoms with Crippen molar-refractivity contribution in [1.29, 1.82) is 0 Å². The van der Waals surface area contributed by atoms with Gasteiger partial charge in [-0.2, -0.15) is 0 Å². The van der Waals surface area contributed by atoms with Crippen molar-refractivity contribution in [2.24, 2.45) is 0 Å². The van der Waals surface area contributed by atoms with Crippen LogP contribution in [-0.4, -0.2) is 12.6 Å². The number of hydrogen-bond donors (Lipinski definition) is 1. The molecule has 0 radical (unpaired) electrons. The van der Waals surface area contributed by atoms with Crippen LogP contribution in [0.4, 0.5) is 5.69 Å². The molecule has 3 nitrogen and oxygen atoms in total. The second kappa shape index (κ2) is 18.8. The number of aryl methyl sites for hydroxylation is 2. The molecule has 0 aliphatic heterocycles. The summed E-state index contributed by atoms with van der Waals surface area (Å²) < 4.78 is 4.84. The van der Waals surface area contributed by atoms with Crippen LogP contribution >= 0.6 is 0 Å². The lowest BCUT2D eigenvalue weighted by Gasteiger charge is -2.02. The minimum atomic E-state index is -0.118. The molecule has 162 valence electrons. The van der Waals surface area contributed by atoms with Crippen molar-refractivity contribution in [3.8, 4) is 0 Å². The fourth-order valence-corrected chi connectivity index (χ4v) is 2.41. The molecule has 0 bridgehead atoms. The molecule has 0 heterocycles. The SMILES string of the molecule is C=C(C)c1ccccc1C.CC.CC.CCOC(=O)CCCc1ccc(N)cc1. The molecule has 2 rings (SSSR count). The molecule has 0 fully saturated rings. The Kier molecular flexibility index (Phi) is 18.6. The topological polar surface area (TPSA) is 52.3 Å². The lowest BCUT2D eigenvalue weighted by Crippen LogP contribution is -2.03. The zero-order valence-electron chi connectivity index (χ0n) is 19.5. The molecule has 0 aliphatic rings. The minimum absolute atomic E-state index is 0.118. The molecule has 0 amide bonds. The number of esters is 1. The zero-order chi connectivity index (χ0) is 22.7. The van der Waals surface area contributed by atoms with Crippen LogP contribution in [-0.2, 0) is 16.0 Å². The van der Waals surface area contributed by atoms with E-state index in [0.29, 0.717) is 13.0 Å². The van der Waals surface area contributed by atoms with Crippen LogP contribution in [0.1, 0.15) is 71.1 Å². The van der Waals surface area contributed by atoms with E-state index in [4.69, 9.17) is 10.5 Å². The van der Waals surface area contributed by atoms with Gasteiger partial charge in [0.2, 0.25) is 0 Å². The summed E-state index contributed by atoms with van der Waals surface area (Å²) in [5.41, 5.74) is 11.2. The van der Waals surface area contributed by atoms with E-state index in [0.717, 1.165) is 24.1 Å². The van der Waals surface area contributed by atoms with E-state index >= 15 is 0 Å². The van der Waals surface area contributed by atoms with Crippen LogP contribution in [0.2, 0.25) is 0 Å². The molecule has 3 heteroatoms. The number of nitrogen functional groups attached to an aromatic ring is 1. The van der Waals surface area contributed by atoms with E-state index in [2.05, 4.69) is 25.6 Å². The highest BCUT2D eigenvalue weighted by Crippen LogP contribution is 2.15.